The Balaban J connectivity index is 1.56. The molecule has 4 aromatic rings. The van der Waals surface area contributed by atoms with Crippen LogP contribution < -0.4 is 10.1 Å². The van der Waals surface area contributed by atoms with Crippen LogP contribution in [0.2, 0.25) is 15.1 Å². The highest BCUT2D eigenvalue weighted by atomic mass is 35.5. The molecule has 0 spiro atoms. The number of carbonyl (C=O) groups excluding carboxylic acids is 1. The molecule has 0 fully saturated rings. The molecular weight excluding hydrogens is 488 g/mol. The van der Waals surface area contributed by atoms with Crippen molar-refractivity contribution in [3.05, 3.63) is 91.8 Å². The zero-order valence-corrected chi connectivity index (χ0v) is 19.4. The van der Waals surface area contributed by atoms with E-state index in [1.54, 1.807) is 25.1 Å². The number of carbonyl (C=O) groups is 1. The van der Waals surface area contributed by atoms with E-state index in [2.05, 4.69) is 10.3 Å². The molecule has 9 heteroatoms. The van der Waals surface area contributed by atoms with Crippen LogP contribution in [0.25, 0.3) is 10.9 Å². The van der Waals surface area contributed by atoms with Crippen LogP contribution in [0.4, 0.5) is 4.39 Å². The Bertz CT molecular complexity index is 1440. The molecule has 1 aromatic heterocycles. The van der Waals surface area contributed by atoms with Gasteiger partial charge in [0.15, 0.2) is 11.6 Å². The number of nitrogens with one attached hydrogen (secondary N) is 2. The lowest BCUT2D eigenvalue weighted by molar-refractivity contribution is 0.0945. The predicted molar refractivity (Wildman–Crippen MR) is 127 cm³/mol. The summed E-state index contributed by atoms with van der Waals surface area (Å²) in [4.78, 5) is 15.8. The van der Waals surface area contributed by atoms with E-state index >= 15 is 4.39 Å². The molecule has 0 aliphatic rings. The Hall–Kier alpha value is -3.24. The van der Waals surface area contributed by atoms with Crippen LogP contribution in [0.15, 0.2) is 48.5 Å². The third-order valence-electron chi connectivity index (χ3n) is 5.04. The predicted octanol–water partition coefficient (Wildman–Crippen LogP) is 7.17. The van der Waals surface area contributed by atoms with E-state index in [0.29, 0.717) is 10.7 Å². The second-order valence-electron chi connectivity index (χ2n) is 7.24. The van der Waals surface area contributed by atoms with Crippen molar-refractivity contribution in [2.24, 2.45) is 0 Å². The van der Waals surface area contributed by atoms with E-state index in [9.17, 15) is 4.79 Å². The van der Waals surface area contributed by atoms with Gasteiger partial charge in [-0.05, 0) is 55.0 Å². The lowest BCUT2D eigenvalue weighted by atomic mass is 10.1. The number of benzene rings is 3. The SMILES string of the molecule is Cc1c(C(=O)NCc2ccc(Cl)c(Oc3cc(Cl)cc(C#N)c3)c2F)[nH]c2ccc(Cl)cc12. The fourth-order valence-electron chi connectivity index (χ4n) is 3.40. The largest absolute Gasteiger partial charge is 0.453 e. The minimum atomic E-state index is -0.735. The Morgan fingerprint density at radius 3 is 2.67 bits per heavy atom. The van der Waals surface area contributed by atoms with Crippen molar-refractivity contribution in [1.82, 2.24) is 10.3 Å². The summed E-state index contributed by atoms with van der Waals surface area (Å²) in [6, 6.07) is 14.5. The number of amides is 1. The number of rotatable bonds is 5. The number of hydrogen-bond acceptors (Lipinski definition) is 3. The highest BCUT2D eigenvalue weighted by molar-refractivity contribution is 6.32. The average molecular weight is 503 g/mol. The van der Waals surface area contributed by atoms with Crippen molar-refractivity contribution in [2.45, 2.75) is 13.5 Å². The molecule has 1 amide bonds. The van der Waals surface area contributed by atoms with Crippen LogP contribution in [0.3, 0.4) is 0 Å². The number of H-pyrrole nitrogens is 1. The van der Waals surface area contributed by atoms with Gasteiger partial charge in [-0.2, -0.15) is 5.26 Å². The molecule has 3 aromatic carbocycles. The summed E-state index contributed by atoms with van der Waals surface area (Å²) in [7, 11) is 0. The molecule has 5 nitrogen and oxygen atoms in total. The molecule has 4 rings (SSSR count). The van der Waals surface area contributed by atoms with Gasteiger partial charge < -0.3 is 15.0 Å². The number of ether oxygens (including phenoxy) is 1. The summed E-state index contributed by atoms with van der Waals surface area (Å²) >= 11 is 18.2. The highest BCUT2D eigenvalue weighted by Crippen LogP contribution is 2.35. The second kappa shape index (κ2) is 9.32. The van der Waals surface area contributed by atoms with E-state index in [1.807, 2.05) is 6.07 Å². The summed E-state index contributed by atoms with van der Waals surface area (Å²) < 4.78 is 20.8. The van der Waals surface area contributed by atoms with Crippen LogP contribution in [0.1, 0.15) is 27.2 Å². The van der Waals surface area contributed by atoms with Crippen molar-refractivity contribution in [3.63, 3.8) is 0 Å². The number of hydrogen-bond donors (Lipinski definition) is 2. The maximum absolute atomic E-state index is 15.2. The van der Waals surface area contributed by atoms with Gasteiger partial charge in [-0.25, -0.2) is 4.39 Å². The number of aromatic amines is 1. The van der Waals surface area contributed by atoms with Gasteiger partial charge >= 0.3 is 0 Å². The number of halogens is 4. The molecule has 0 saturated heterocycles. The first-order chi connectivity index (χ1) is 15.8. The minimum Gasteiger partial charge on any atom is -0.453 e. The van der Waals surface area contributed by atoms with Gasteiger partial charge in [0.25, 0.3) is 5.91 Å². The Kier molecular flexibility index (Phi) is 6.48. The summed E-state index contributed by atoms with van der Waals surface area (Å²) in [6.07, 6.45) is 0. The van der Waals surface area contributed by atoms with Gasteiger partial charge in [0.2, 0.25) is 0 Å². The summed E-state index contributed by atoms with van der Waals surface area (Å²) in [5, 5.41) is 13.5. The standard InChI is InChI=1S/C24H15Cl3FN3O2/c1-12-18-9-15(25)3-5-20(18)31-22(12)24(32)30-11-14-2-4-19(27)23(21(14)28)33-17-7-13(10-29)6-16(26)8-17/h2-9,31H,11H2,1H3,(H,30,32). The molecule has 0 unspecified atom stereocenters. The Morgan fingerprint density at radius 1 is 1.12 bits per heavy atom. The number of nitrogens with zero attached hydrogens (tertiary/aromatic N) is 1. The van der Waals surface area contributed by atoms with Crippen LogP contribution in [-0.2, 0) is 6.54 Å². The van der Waals surface area contributed by atoms with Gasteiger partial charge in [0.1, 0.15) is 11.4 Å². The summed E-state index contributed by atoms with van der Waals surface area (Å²) in [6.45, 7) is 1.70. The van der Waals surface area contributed by atoms with Gasteiger partial charge in [-0.1, -0.05) is 40.9 Å². The van der Waals surface area contributed by atoms with Crippen molar-refractivity contribution in [3.8, 4) is 17.6 Å². The smallest absolute Gasteiger partial charge is 0.268 e. The van der Waals surface area contributed by atoms with Crippen molar-refractivity contribution >= 4 is 51.6 Å². The van der Waals surface area contributed by atoms with Crippen molar-refractivity contribution in [2.75, 3.05) is 0 Å². The quantitative estimate of drug-likeness (QED) is 0.304. The monoisotopic (exact) mass is 501 g/mol. The maximum atomic E-state index is 15.2. The highest BCUT2D eigenvalue weighted by Gasteiger charge is 2.18. The number of nitriles is 1. The molecular formula is C24H15Cl3FN3O2. The average Bonchev–Trinajstić information content (AvgIpc) is 3.11. The van der Waals surface area contributed by atoms with E-state index in [1.165, 1.54) is 30.3 Å². The zero-order chi connectivity index (χ0) is 23.7. The molecule has 0 bridgehead atoms. The second-order valence-corrected chi connectivity index (χ2v) is 8.52. The van der Waals surface area contributed by atoms with Gasteiger partial charge in [0, 0.05) is 33.1 Å². The minimum absolute atomic E-state index is 0.0319. The fourth-order valence-corrected chi connectivity index (χ4v) is 3.98. The third-order valence-corrected chi connectivity index (χ3v) is 5.79. The van der Waals surface area contributed by atoms with Crippen molar-refractivity contribution in [1.29, 1.82) is 5.26 Å². The first kappa shape index (κ1) is 22.9. The Labute approximate surface area is 203 Å². The summed E-state index contributed by atoms with van der Waals surface area (Å²) in [5.41, 5.74) is 2.30. The number of aromatic nitrogens is 1. The van der Waals surface area contributed by atoms with Crippen LogP contribution in [0, 0.1) is 24.1 Å². The molecule has 0 atom stereocenters. The van der Waals surface area contributed by atoms with Crippen LogP contribution in [0.5, 0.6) is 11.5 Å². The normalized spacial score (nSPS) is 10.8. The molecule has 1 heterocycles. The topological polar surface area (TPSA) is 77.9 Å². The lowest BCUT2D eigenvalue weighted by Crippen LogP contribution is -2.24. The fraction of sp³-hybridized carbons (Fsp3) is 0.0833. The molecule has 0 saturated carbocycles. The first-order valence-electron chi connectivity index (χ1n) is 9.68. The van der Waals surface area contributed by atoms with E-state index in [4.69, 9.17) is 44.8 Å². The molecule has 33 heavy (non-hydrogen) atoms. The van der Waals surface area contributed by atoms with E-state index in [0.717, 1.165) is 16.5 Å². The lowest BCUT2D eigenvalue weighted by Gasteiger charge is -2.13. The van der Waals surface area contributed by atoms with Crippen LogP contribution >= 0.6 is 34.8 Å². The first-order valence-corrected chi connectivity index (χ1v) is 10.8. The molecule has 166 valence electrons. The zero-order valence-electron chi connectivity index (χ0n) is 17.1. The summed E-state index contributed by atoms with van der Waals surface area (Å²) in [5.74, 6) is -1.20. The van der Waals surface area contributed by atoms with Gasteiger partial charge in [-0.3, -0.25) is 4.79 Å². The van der Waals surface area contributed by atoms with Crippen molar-refractivity contribution < 1.29 is 13.9 Å². The molecule has 0 aliphatic heterocycles. The van der Waals surface area contributed by atoms with E-state index < -0.39 is 11.7 Å². The van der Waals surface area contributed by atoms with Crippen LogP contribution in [-0.4, -0.2) is 10.9 Å². The third kappa shape index (κ3) is 4.76. The maximum Gasteiger partial charge on any atom is 0.268 e. The molecule has 0 aliphatic carbocycles. The molecule has 2 N–H and O–H groups in total. The van der Waals surface area contributed by atoms with Gasteiger partial charge in [0.05, 0.1) is 16.7 Å². The van der Waals surface area contributed by atoms with Gasteiger partial charge in [-0.15, -0.1) is 0 Å². The molecule has 0 radical (unpaired) electrons. The number of fused-ring (bicyclic) bond motifs is 1. The Morgan fingerprint density at radius 2 is 1.91 bits per heavy atom. The number of aryl methyl sites for hydroxylation is 1. The van der Waals surface area contributed by atoms with E-state index in [-0.39, 0.29) is 39.2 Å².